The molecule has 0 unspecified atom stereocenters. The van der Waals surface area contributed by atoms with Gasteiger partial charge in [0.05, 0.1) is 18.5 Å². The molecule has 134 valence electrons. The highest BCUT2D eigenvalue weighted by molar-refractivity contribution is 6.30. The second-order valence-electron chi connectivity index (χ2n) is 6.05. The van der Waals surface area contributed by atoms with Gasteiger partial charge in [-0.15, -0.1) is 5.10 Å². The van der Waals surface area contributed by atoms with Crippen molar-refractivity contribution in [2.75, 3.05) is 12.4 Å². The van der Waals surface area contributed by atoms with Crippen LogP contribution in [0.1, 0.15) is 35.9 Å². The summed E-state index contributed by atoms with van der Waals surface area (Å²) in [5, 5.41) is 11.8. The molecule has 0 saturated heterocycles. The molecule has 0 atom stereocenters. The lowest BCUT2D eigenvalue weighted by Gasteiger charge is -2.11. The number of benzene rings is 2. The van der Waals surface area contributed by atoms with E-state index >= 15 is 0 Å². The zero-order valence-electron chi connectivity index (χ0n) is 14.7. The quantitative estimate of drug-likeness (QED) is 0.726. The van der Waals surface area contributed by atoms with Crippen molar-refractivity contribution in [2.45, 2.75) is 19.8 Å². The number of carbonyl (C=O) groups is 1. The van der Waals surface area contributed by atoms with E-state index in [2.05, 4.69) is 15.6 Å². The van der Waals surface area contributed by atoms with Crippen LogP contribution in [0, 0.1) is 0 Å². The summed E-state index contributed by atoms with van der Waals surface area (Å²) < 4.78 is 6.79. The van der Waals surface area contributed by atoms with Gasteiger partial charge in [-0.1, -0.05) is 30.7 Å². The molecule has 0 fully saturated rings. The van der Waals surface area contributed by atoms with Crippen LogP contribution in [-0.2, 0) is 0 Å². The molecule has 0 bridgehead atoms. The van der Waals surface area contributed by atoms with E-state index in [0.717, 1.165) is 17.1 Å². The second kappa shape index (κ2) is 7.58. The minimum atomic E-state index is -0.306. The molecule has 1 aromatic heterocycles. The highest BCUT2D eigenvalue weighted by atomic mass is 35.5. The topological polar surface area (TPSA) is 69.0 Å². The normalized spacial score (nSPS) is 10.8. The first-order chi connectivity index (χ1) is 12.5. The Balaban J connectivity index is 1.91. The Morgan fingerprint density at radius 1 is 1.12 bits per heavy atom. The first-order valence-electron chi connectivity index (χ1n) is 8.16. The third-order valence-electron chi connectivity index (χ3n) is 3.89. The van der Waals surface area contributed by atoms with Gasteiger partial charge in [-0.3, -0.25) is 4.79 Å². The van der Waals surface area contributed by atoms with Crippen LogP contribution in [0.2, 0.25) is 5.02 Å². The molecule has 1 N–H and O–H groups in total. The lowest BCUT2D eigenvalue weighted by atomic mass is 10.1. The van der Waals surface area contributed by atoms with Crippen LogP contribution in [-0.4, -0.2) is 28.0 Å². The molecule has 0 aliphatic rings. The molecule has 0 aliphatic carbocycles. The fraction of sp³-hybridized carbons (Fsp3) is 0.211. The van der Waals surface area contributed by atoms with Gasteiger partial charge in [0.1, 0.15) is 5.75 Å². The maximum Gasteiger partial charge on any atom is 0.278 e. The van der Waals surface area contributed by atoms with Crippen LogP contribution >= 0.6 is 11.6 Å². The minimum absolute atomic E-state index is 0.0531. The monoisotopic (exact) mass is 370 g/mol. The Hall–Kier alpha value is -2.86. The Labute approximate surface area is 156 Å². The molecular weight excluding hydrogens is 352 g/mol. The number of halogens is 1. The molecule has 0 radical (unpaired) electrons. The van der Waals surface area contributed by atoms with E-state index in [9.17, 15) is 4.79 Å². The zero-order chi connectivity index (χ0) is 18.7. The maximum atomic E-state index is 12.7. The second-order valence-corrected chi connectivity index (χ2v) is 6.49. The standard InChI is InChI=1S/C19H19ClN4O2/c1-12(2)18-17(19(25)21-14-6-10-16(26-3)11-7-14)22-23-24(18)15-8-4-13(20)5-9-15/h4-12H,1-3H3,(H,21,25). The summed E-state index contributed by atoms with van der Waals surface area (Å²) in [6, 6.07) is 14.3. The first-order valence-corrected chi connectivity index (χ1v) is 8.54. The SMILES string of the molecule is COc1ccc(NC(=O)c2nnn(-c3ccc(Cl)cc3)c2C(C)C)cc1. The van der Waals surface area contributed by atoms with Gasteiger partial charge in [-0.2, -0.15) is 0 Å². The molecule has 0 saturated carbocycles. The minimum Gasteiger partial charge on any atom is -0.497 e. The first kappa shape index (κ1) is 17.9. The van der Waals surface area contributed by atoms with Crippen molar-refractivity contribution in [1.82, 2.24) is 15.0 Å². The van der Waals surface area contributed by atoms with E-state index in [-0.39, 0.29) is 11.8 Å². The van der Waals surface area contributed by atoms with E-state index in [4.69, 9.17) is 16.3 Å². The molecule has 1 amide bonds. The fourth-order valence-corrected chi connectivity index (χ4v) is 2.73. The number of rotatable bonds is 5. The molecule has 2 aromatic carbocycles. The molecule has 3 rings (SSSR count). The lowest BCUT2D eigenvalue weighted by molar-refractivity contribution is 0.102. The van der Waals surface area contributed by atoms with Gasteiger partial charge in [-0.25, -0.2) is 4.68 Å². The van der Waals surface area contributed by atoms with Gasteiger partial charge in [0.15, 0.2) is 5.69 Å². The highest BCUT2D eigenvalue weighted by Crippen LogP contribution is 2.23. The number of carbonyl (C=O) groups excluding carboxylic acids is 1. The van der Waals surface area contributed by atoms with Gasteiger partial charge in [0.25, 0.3) is 5.91 Å². The predicted octanol–water partition coefficient (Wildman–Crippen LogP) is 4.31. The maximum absolute atomic E-state index is 12.7. The number of aromatic nitrogens is 3. The van der Waals surface area contributed by atoms with E-state index in [1.165, 1.54) is 0 Å². The number of anilines is 1. The third-order valence-corrected chi connectivity index (χ3v) is 4.14. The average Bonchev–Trinajstić information content (AvgIpc) is 3.08. The third kappa shape index (κ3) is 3.70. The summed E-state index contributed by atoms with van der Waals surface area (Å²) in [6.07, 6.45) is 0. The summed E-state index contributed by atoms with van der Waals surface area (Å²) in [5.74, 6) is 0.468. The van der Waals surface area contributed by atoms with Crippen molar-refractivity contribution in [3.63, 3.8) is 0 Å². The van der Waals surface area contributed by atoms with Crippen molar-refractivity contribution < 1.29 is 9.53 Å². The molecule has 1 heterocycles. The van der Waals surface area contributed by atoms with Gasteiger partial charge in [0, 0.05) is 10.7 Å². The van der Waals surface area contributed by atoms with Crippen LogP contribution in [0.15, 0.2) is 48.5 Å². The largest absolute Gasteiger partial charge is 0.497 e. The number of nitrogens with one attached hydrogen (secondary N) is 1. The van der Waals surface area contributed by atoms with Crippen LogP contribution in [0.5, 0.6) is 5.75 Å². The average molecular weight is 371 g/mol. The van der Waals surface area contributed by atoms with E-state index in [0.29, 0.717) is 16.4 Å². The van der Waals surface area contributed by atoms with Crippen LogP contribution in [0.3, 0.4) is 0 Å². The summed E-state index contributed by atoms with van der Waals surface area (Å²) >= 11 is 5.95. The number of methoxy groups -OCH3 is 1. The number of amides is 1. The summed E-state index contributed by atoms with van der Waals surface area (Å²) in [4.78, 5) is 12.7. The number of hydrogen-bond donors (Lipinski definition) is 1. The zero-order valence-corrected chi connectivity index (χ0v) is 15.5. The summed E-state index contributed by atoms with van der Waals surface area (Å²) in [6.45, 7) is 3.99. The Kier molecular flexibility index (Phi) is 5.23. The van der Waals surface area contributed by atoms with Gasteiger partial charge in [-0.05, 0) is 54.4 Å². The van der Waals surface area contributed by atoms with Crippen molar-refractivity contribution >= 4 is 23.2 Å². The van der Waals surface area contributed by atoms with Gasteiger partial charge in [0.2, 0.25) is 0 Å². The van der Waals surface area contributed by atoms with Crippen LogP contribution in [0.25, 0.3) is 5.69 Å². The molecule has 0 spiro atoms. The van der Waals surface area contributed by atoms with Crippen molar-refractivity contribution in [3.8, 4) is 11.4 Å². The Morgan fingerprint density at radius 2 is 1.77 bits per heavy atom. The molecular formula is C19H19ClN4O2. The van der Waals surface area contributed by atoms with Gasteiger partial charge < -0.3 is 10.1 Å². The van der Waals surface area contributed by atoms with Crippen molar-refractivity contribution in [3.05, 3.63) is 64.9 Å². The van der Waals surface area contributed by atoms with Gasteiger partial charge >= 0.3 is 0 Å². The predicted molar refractivity (Wildman–Crippen MR) is 101 cm³/mol. The molecule has 6 nitrogen and oxygen atoms in total. The van der Waals surface area contributed by atoms with Crippen LogP contribution < -0.4 is 10.1 Å². The summed E-state index contributed by atoms with van der Waals surface area (Å²) in [7, 11) is 1.59. The van der Waals surface area contributed by atoms with Crippen LogP contribution in [0.4, 0.5) is 5.69 Å². The molecule has 26 heavy (non-hydrogen) atoms. The number of ether oxygens (including phenoxy) is 1. The van der Waals surface area contributed by atoms with E-state index in [1.54, 1.807) is 48.2 Å². The highest BCUT2D eigenvalue weighted by Gasteiger charge is 2.23. The molecule has 3 aromatic rings. The fourth-order valence-electron chi connectivity index (χ4n) is 2.61. The van der Waals surface area contributed by atoms with E-state index in [1.807, 2.05) is 26.0 Å². The Morgan fingerprint density at radius 3 is 2.35 bits per heavy atom. The molecule has 0 aliphatic heterocycles. The molecule has 7 heteroatoms. The van der Waals surface area contributed by atoms with Crippen molar-refractivity contribution in [2.24, 2.45) is 0 Å². The number of hydrogen-bond acceptors (Lipinski definition) is 4. The smallest absolute Gasteiger partial charge is 0.278 e. The Bertz CT molecular complexity index is 902. The summed E-state index contributed by atoms with van der Waals surface area (Å²) in [5.41, 5.74) is 2.49. The van der Waals surface area contributed by atoms with E-state index < -0.39 is 0 Å². The number of nitrogens with zero attached hydrogens (tertiary/aromatic N) is 3. The van der Waals surface area contributed by atoms with Crippen molar-refractivity contribution in [1.29, 1.82) is 0 Å². The lowest BCUT2D eigenvalue weighted by Crippen LogP contribution is -2.16.